The highest BCUT2D eigenvalue weighted by Crippen LogP contribution is 2.16. The number of urea groups is 1. The minimum absolute atomic E-state index is 0.0243. The first-order chi connectivity index (χ1) is 9.26. The van der Waals surface area contributed by atoms with Crippen LogP contribution in [-0.2, 0) is 9.53 Å². The lowest BCUT2D eigenvalue weighted by Gasteiger charge is -2.22. The van der Waals surface area contributed by atoms with Gasteiger partial charge >= 0.3 is 18.2 Å². The van der Waals surface area contributed by atoms with Gasteiger partial charge in [-0.25, -0.2) is 4.79 Å². The molecule has 0 aliphatic heterocycles. The van der Waals surface area contributed by atoms with Crippen molar-refractivity contribution in [3.63, 3.8) is 0 Å². The number of carbonyl (C=O) groups is 2. The lowest BCUT2D eigenvalue weighted by atomic mass is 10.4. The van der Waals surface area contributed by atoms with Crippen LogP contribution in [0.2, 0.25) is 0 Å². The van der Waals surface area contributed by atoms with E-state index in [1.807, 2.05) is 6.92 Å². The Hall–Kier alpha value is -1.51. The Morgan fingerprint density at radius 1 is 1.30 bits per heavy atom. The van der Waals surface area contributed by atoms with Crippen molar-refractivity contribution in [1.29, 1.82) is 0 Å². The summed E-state index contributed by atoms with van der Waals surface area (Å²) in [6, 6.07) is -1.08. The van der Waals surface area contributed by atoms with E-state index in [9.17, 15) is 22.8 Å². The molecule has 0 aromatic carbocycles. The summed E-state index contributed by atoms with van der Waals surface area (Å²) >= 11 is 0. The van der Waals surface area contributed by atoms with Gasteiger partial charge in [0.2, 0.25) is 0 Å². The van der Waals surface area contributed by atoms with Crippen LogP contribution in [0.1, 0.15) is 19.8 Å². The van der Waals surface area contributed by atoms with Crippen molar-refractivity contribution < 1.29 is 32.6 Å². The molecule has 0 aliphatic carbocycles. The Morgan fingerprint density at radius 2 is 1.95 bits per heavy atom. The molecule has 0 atom stereocenters. The van der Waals surface area contributed by atoms with Crippen molar-refractivity contribution in [1.82, 2.24) is 10.2 Å². The van der Waals surface area contributed by atoms with Crippen LogP contribution in [0.25, 0.3) is 0 Å². The Balaban J connectivity index is 4.11. The van der Waals surface area contributed by atoms with Crippen LogP contribution >= 0.6 is 0 Å². The van der Waals surface area contributed by atoms with Gasteiger partial charge in [0.05, 0.1) is 6.61 Å². The van der Waals surface area contributed by atoms with Crippen LogP contribution in [0, 0.1) is 0 Å². The minimum Gasteiger partial charge on any atom is -0.480 e. The van der Waals surface area contributed by atoms with Crippen molar-refractivity contribution in [3.05, 3.63) is 0 Å². The molecular formula is C11H19F3N2O4. The Kier molecular flexibility index (Phi) is 8.69. The van der Waals surface area contributed by atoms with Gasteiger partial charge in [-0.15, -0.1) is 0 Å². The zero-order chi connectivity index (χ0) is 15.6. The van der Waals surface area contributed by atoms with Crippen LogP contribution < -0.4 is 5.32 Å². The van der Waals surface area contributed by atoms with Crippen LogP contribution in [-0.4, -0.2) is 61.0 Å². The molecule has 20 heavy (non-hydrogen) atoms. The molecule has 0 aliphatic rings. The number of carboxylic acids is 1. The first-order valence-corrected chi connectivity index (χ1v) is 6.15. The number of hydrogen-bond acceptors (Lipinski definition) is 3. The molecule has 9 heteroatoms. The standard InChI is InChI=1S/C11H19F3N2O4/c1-2-3-5-20-6-4-15-10(19)16(7-9(17)18)8-11(12,13)14/h2-8H2,1H3,(H,15,19)(H,17,18). The molecule has 0 spiro atoms. The van der Waals surface area contributed by atoms with Gasteiger partial charge in [0, 0.05) is 13.2 Å². The predicted molar refractivity (Wildman–Crippen MR) is 64.4 cm³/mol. The van der Waals surface area contributed by atoms with Crippen molar-refractivity contribution in [3.8, 4) is 0 Å². The molecule has 0 bridgehead atoms. The van der Waals surface area contributed by atoms with E-state index in [0.717, 1.165) is 12.8 Å². The van der Waals surface area contributed by atoms with Crippen molar-refractivity contribution in [2.45, 2.75) is 25.9 Å². The van der Waals surface area contributed by atoms with E-state index in [-0.39, 0.29) is 18.1 Å². The van der Waals surface area contributed by atoms with E-state index in [1.54, 1.807) is 0 Å². The highest BCUT2D eigenvalue weighted by atomic mass is 19.4. The summed E-state index contributed by atoms with van der Waals surface area (Å²) in [6.45, 7) is 0.0544. The molecule has 0 rings (SSSR count). The highest BCUT2D eigenvalue weighted by molar-refractivity contribution is 5.80. The summed E-state index contributed by atoms with van der Waals surface area (Å²) in [5.41, 5.74) is 0. The van der Waals surface area contributed by atoms with Crippen LogP contribution in [0.15, 0.2) is 0 Å². The zero-order valence-electron chi connectivity index (χ0n) is 11.2. The fourth-order valence-electron chi connectivity index (χ4n) is 1.27. The maximum atomic E-state index is 12.2. The number of nitrogens with zero attached hydrogens (tertiary/aromatic N) is 1. The quantitative estimate of drug-likeness (QED) is 0.632. The van der Waals surface area contributed by atoms with Gasteiger partial charge < -0.3 is 20.1 Å². The van der Waals surface area contributed by atoms with Gasteiger partial charge in [0.15, 0.2) is 0 Å². The average molecular weight is 300 g/mol. The number of alkyl halides is 3. The number of halogens is 3. The lowest BCUT2D eigenvalue weighted by Crippen LogP contribution is -2.47. The molecular weight excluding hydrogens is 281 g/mol. The average Bonchev–Trinajstić information content (AvgIpc) is 2.30. The maximum Gasteiger partial charge on any atom is 0.406 e. The first-order valence-electron chi connectivity index (χ1n) is 6.15. The number of rotatable bonds is 9. The van der Waals surface area contributed by atoms with Gasteiger partial charge in [-0.2, -0.15) is 13.2 Å². The van der Waals surface area contributed by atoms with Crippen molar-refractivity contribution in [2.24, 2.45) is 0 Å². The molecule has 0 radical (unpaired) electrons. The van der Waals surface area contributed by atoms with Gasteiger partial charge in [-0.3, -0.25) is 4.79 Å². The molecule has 2 N–H and O–H groups in total. The topological polar surface area (TPSA) is 78.9 Å². The van der Waals surface area contributed by atoms with Gasteiger partial charge in [-0.1, -0.05) is 13.3 Å². The molecule has 0 aromatic heterocycles. The number of ether oxygens (including phenoxy) is 1. The lowest BCUT2D eigenvalue weighted by molar-refractivity contribution is -0.148. The normalized spacial score (nSPS) is 11.2. The third-order valence-corrected chi connectivity index (χ3v) is 2.15. The number of carboxylic acid groups (broad SMARTS) is 1. The molecule has 0 saturated carbocycles. The number of carbonyl (C=O) groups excluding carboxylic acids is 1. The summed E-state index contributed by atoms with van der Waals surface area (Å²) in [7, 11) is 0. The molecule has 0 unspecified atom stereocenters. The third-order valence-electron chi connectivity index (χ3n) is 2.15. The van der Waals surface area contributed by atoms with Crippen molar-refractivity contribution >= 4 is 12.0 Å². The van der Waals surface area contributed by atoms with E-state index >= 15 is 0 Å². The minimum atomic E-state index is -4.65. The number of nitrogens with one attached hydrogen (secondary N) is 1. The smallest absolute Gasteiger partial charge is 0.406 e. The Morgan fingerprint density at radius 3 is 2.45 bits per heavy atom. The second-order valence-corrected chi connectivity index (χ2v) is 4.06. The highest BCUT2D eigenvalue weighted by Gasteiger charge is 2.33. The van der Waals surface area contributed by atoms with Gasteiger partial charge in [0.25, 0.3) is 0 Å². The third kappa shape index (κ3) is 10.4. The number of amides is 2. The fourth-order valence-corrected chi connectivity index (χ4v) is 1.27. The van der Waals surface area contributed by atoms with Gasteiger partial charge in [-0.05, 0) is 6.42 Å². The van der Waals surface area contributed by atoms with Crippen molar-refractivity contribution in [2.75, 3.05) is 32.8 Å². The number of unbranched alkanes of at least 4 members (excludes halogenated alkanes) is 1. The van der Waals surface area contributed by atoms with Crippen LogP contribution in [0.4, 0.5) is 18.0 Å². The Labute approximate surface area is 114 Å². The molecule has 118 valence electrons. The van der Waals surface area contributed by atoms with Crippen LogP contribution in [0.3, 0.4) is 0 Å². The van der Waals surface area contributed by atoms with Crippen LogP contribution in [0.5, 0.6) is 0 Å². The predicted octanol–water partition coefficient (Wildman–Crippen LogP) is 1.46. The number of aliphatic carboxylic acids is 1. The van der Waals surface area contributed by atoms with E-state index in [0.29, 0.717) is 6.61 Å². The molecule has 0 aromatic rings. The van der Waals surface area contributed by atoms with E-state index in [1.165, 1.54) is 0 Å². The van der Waals surface area contributed by atoms with E-state index < -0.39 is 31.3 Å². The molecule has 2 amide bonds. The monoisotopic (exact) mass is 300 g/mol. The Bertz CT molecular complexity index is 311. The number of hydrogen-bond donors (Lipinski definition) is 2. The van der Waals surface area contributed by atoms with Gasteiger partial charge in [0.1, 0.15) is 13.1 Å². The summed E-state index contributed by atoms with van der Waals surface area (Å²) in [5.74, 6) is -1.51. The summed E-state index contributed by atoms with van der Waals surface area (Å²) in [5, 5.41) is 10.7. The summed E-state index contributed by atoms with van der Waals surface area (Å²) < 4.78 is 41.7. The second-order valence-electron chi connectivity index (χ2n) is 4.06. The molecule has 0 heterocycles. The summed E-state index contributed by atoms with van der Waals surface area (Å²) in [4.78, 5) is 22.1. The summed E-state index contributed by atoms with van der Waals surface area (Å²) in [6.07, 6.45) is -2.85. The maximum absolute atomic E-state index is 12.2. The molecule has 0 fully saturated rings. The van der Waals surface area contributed by atoms with E-state index in [4.69, 9.17) is 9.84 Å². The molecule has 0 saturated heterocycles. The second kappa shape index (κ2) is 9.40. The fraction of sp³-hybridized carbons (Fsp3) is 0.818. The zero-order valence-corrected chi connectivity index (χ0v) is 11.2. The van der Waals surface area contributed by atoms with E-state index in [2.05, 4.69) is 5.32 Å². The molecule has 6 nitrogen and oxygen atoms in total. The first kappa shape index (κ1) is 18.5. The SMILES string of the molecule is CCCCOCCNC(=O)N(CC(=O)O)CC(F)(F)F. The largest absolute Gasteiger partial charge is 0.480 e.